The maximum Gasteiger partial charge on any atom is 0.335 e. The van der Waals surface area contributed by atoms with E-state index in [9.17, 15) is 14.4 Å². The molecule has 8 nitrogen and oxygen atoms in total. The van der Waals surface area contributed by atoms with Crippen molar-refractivity contribution >= 4 is 18.0 Å². The number of rotatable bonds is 6. The zero-order chi connectivity index (χ0) is 15.8. The van der Waals surface area contributed by atoms with Gasteiger partial charge in [-0.15, -0.1) is 0 Å². The summed E-state index contributed by atoms with van der Waals surface area (Å²) in [4.78, 5) is 39.1. The van der Waals surface area contributed by atoms with Crippen LogP contribution >= 0.6 is 0 Å². The second-order valence-corrected chi connectivity index (χ2v) is 4.09. The van der Waals surface area contributed by atoms with E-state index in [4.69, 9.17) is 5.11 Å². The fourth-order valence-corrected chi connectivity index (χ4v) is 1.53. The molecule has 0 bridgehead atoms. The molecule has 0 aliphatic rings. The standard InChI is InChI=1S/C13H17N3O5/c1-3-16(8-11(17)21-2)13(20)15-7-10-6-9(12(18)19)4-5-14-10/h4-6H,3,7-8H2,1-2H3,(H,15,20)(H,18,19). The number of aromatic carboxylic acids is 1. The summed E-state index contributed by atoms with van der Waals surface area (Å²) in [5.74, 6) is -1.58. The van der Waals surface area contributed by atoms with Crippen LogP contribution in [0.2, 0.25) is 0 Å². The summed E-state index contributed by atoms with van der Waals surface area (Å²) >= 11 is 0. The molecule has 0 aliphatic carbocycles. The molecule has 0 aliphatic heterocycles. The molecule has 21 heavy (non-hydrogen) atoms. The van der Waals surface area contributed by atoms with Gasteiger partial charge < -0.3 is 20.1 Å². The number of nitrogens with one attached hydrogen (secondary N) is 1. The largest absolute Gasteiger partial charge is 0.478 e. The number of carboxylic acid groups (broad SMARTS) is 1. The van der Waals surface area contributed by atoms with Crippen LogP contribution in [0.5, 0.6) is 0 Å². The first kappa shape index (κ1) is 16.4. The number of amides is 2. The van der Waals surface area contributed by atoms with E-state index in [2.05, 4.69) is 15.0 Å². The number of carbonyl (C=O) groups is 3. The van der Waals surface area contributed by atoms with Crippen molar-refractivity contribution in [3.05, 3.63) is 29.6 Å². The Bertz CT molecular complexity index is 532. The van der Waals surface area contributed by atoms with Crippen LogP contribution < -0.4 is 5.32 Å². The van der Waals surface area contributed by atoms with E-state index in [0.29, 0.717) is 12.2 Å². The molecule has 1 rings (SSSR count). The molecule has 0 spiro atoms. The number of pyridine rings is 1. The number of aromatic nitrogens is 1. The molecule has 0 unspecified atom stereocenters. The minimum absolute atomic E-state index is 0.0671. The van der Waals surface area contributed by atoms with Crippen LogP contribution in [0, 0.1) is 0 Å². The van der Waals surface area contributed by atoms with Crippen molar-refractivity contribution in [3.63, 3.8) is 0 Å². The van der Waals surface area contributed by atoms with Crippen molar-refractivity contribution in [2.75, 3.05) is 20.2 Å². The van der Waals surface area contributed by atoms with E-state index in [1.54, 1.807) is 6.92 Å². The Labute approximate surface area is 121 Å². The molecule has 2 N–H and O–H groups in total. The highest BCUT2D eigenvalue weighted by atomic mass is 16.5. The van der Waals surface area contributed by atoms with Crippen molar-refractivity contribution in [3.8, 4) is 0 Å². The molecule has 0 radical (unpaired) electrons. The van der Waals surface area contributed by atoms with Crippen molar-refractivity contribution in [1.82, 2.24) is 15.2 Å². The van der Waals surface area contributed by atoms with Crippen molar-refractivity contribution < 1.29 is 24.2 Å². The maximum absolute atomic E-state index is 11.9. The van der Waals surface area contributed by atoms with Gasteiger partial charge in [-0.3, -0.25) is 9.78 Å². The molecule has 0 atom stereocenters. The van der Waals surface area contributed by atoms with Crippen LogP contribution in [-0.4, -0.2) is 53.2 Å². The van der Waals surface area contributed by atoms with E-state index in [-0.39, 0.29) is 18.7 Å². The second kappa shape index (κ2) is 7.83. The highest BCUT2D eigenvalue weighted by molar-refractivity contribution is 5.87. The zero-order valence-corrected chi connectivity index (χ0v) is 11.8. The van der Waals surface area contributed by atoms with Crippen LogP contribution in [-0.2, 0) is 16.1 Å². The minimum Gasteiger partial charge on any atom is -0.478 e. The van der Waals surface area contributed by atoms with Gasteiger partial charge in [0.25, 0.3) is 0 Å². The molecule has 0 saturated heterocycles. The van der Waals surface area contributed by atoms with Gasteiger partial charge >= 0.3 is 18.0 Å². The van der Waals surface area contributed by atoms with E-state index < -0.39 is 18.0 Å². The fraction of sp³-hybridized carbons (Fsp3) is 0.385. The number of carboxylic acids is 1. The van der Waals surface area contributed by atoms with Crippen LogP contribution in [0.15, 0.2) is 18.3 Å². The number of nitrogens with zero attached hydrogens (tertiary/aromatic N) is 2. The Morgan fingerprint density at radius 3 is 2.71 bits per heavy atom. The number of methoxy groups -OCH3 is 1. The van der Waals surface area contributed by atoms with Crippen LogP contribution in [0.25, 0.3) is 0 Å². The van der Waals surface area contributed by atoms with Gasteiger partial charge in [-0.05, 0) is 19.1 Å². The van der Waals surface area contributed by atoms with Crippen molar-refractivity contribution in [2.24, 2.45) is 0 Å². The Hall–Kier alpha value is -2.64. The number of urea groups is 1. The van der Waals surface area contributed by atoms with Gasteiger partial charge in [-0.2, -0.15) is 0 Å². The number of carbonyl (C=O) groups excluding carboxylic acids is 2. The Kier molecular flexibility index (Phi) is 6.12. The fourth-order valence-electron chi connectivity index (χ4n) is 1.53. The lowest BCUT2D eigenvalue weighted by Gasteiger charge is -2.19. The van der Waals surface area contributed by atoms with Crippen molar-refractivity contribution in [1.29, 1.82) is 0 Å². The highest BCUT2D eigenvalue weighted by Crippen LogP contribution is 2.02. The predicted octanol–water partition coefficient (Wildman–Crippen LogP) is 0.484. The van der Waals surface area contributed by atoms with Gasteiger partial charge in [0.05, 0.1) is 24.9 Å². The number of likely N-dealkylation sites (N-methyl/N-ethyl adjacent to an activating group) is 1. The summed E-state index contributed by atoms with van der Waals surface area (Å²) in [5.41, 5.74) is 0.508. The quantitative estimate of drug-likeness (QED) is 0.739. The number of ether oxygens (including phenoxy) is 1. The number of esters is 1. The van der Waals surface area contributed by atoms with Crippen LogP contribution in [0.1, 0.15) is 23.0 Å². The summed E-state index contributed by atoms with van der Waals surface area (Å²) in [5, 5.41) is 11.4. The first-order valence-corrected chi connectivity index (χ1v) is 6.25. The average molecular weight is 295 g/mol. The molecule has 0 aromatic carbocycles. The summed E-state index contributed by atoms with van der Waals surface area (Å²) in [6.07, 6.45) is 1.36. The Balaban J connectivity index is 2.60. The van der Waals surface area contributed by atoms with Gasteiger partial charge in [-0.1, -0.05) is 0 Å². The lowest BCUT2D eigenvalue weighted by Crippen LogP contribution is -2.42. The van der Waals surface area contributed by atoms with Gasteiger partial charge in [0.1, 0.15) is 6.54 Å². The summed E-state index contributed by atoms with van der Waals surface area (Å²) in [6.45, 7) is 1.98. The van der Waals surface area contributed by atoms with E-state index in [1.165, 1.54) is 30.3 Å². The molecule has 1 heterocycles. The molecule has 2 amide bonds. The molecule has 8 heteroatoms. The van der Waals surface area contributed by atoms with Crippen molar-refractivity contribution in [2.45, 2.75) is 13.5 Å². The lowest BCUT2D eigenvalue weighted by molar-refractivity contribution is -0.141. The summed E-state index contributed by atoms with van der Waals surface area (Å²) in [7, 11) is 1.25. The SMILES string of the molecule is CCN(CC(=O)OC)C(=O)NCc1cc(C(=O)O)ccn1. The van der Waals surface area contributed by atoms with Gasteiger partial charge in [0.2, 0.25) is 0 Å². The Morgan fingerprint density at radius 1 is 1.43 bits per heavy atom. The smallest absolute Gasteiger partial charge is 0.335 e. The molecule has 114 valence electrons. The van der Waals surface area contributed by atoms with E-state index in [1.807, 2.05) is 0 Å². The summed E-state index contributed by atoms with van der Waals surface area (Å²) < 4.78 is 4.50. The lowest BCUT2D eigenvalue weighted by atomic mass is 10.2. The van der Waals surface area contributed by atoms with Crippen LogP contribution in [0.4, 0.5) is 4.79 Å². The van der Waals surface area contributed by atoms with Crippen LogP contribution in [0.3, 0.4) is 0 Å². The molecular weight excluding hydrogens is 278 g/mol. The van der Waals surface area contributed by atoms with E-state index in [0.717, 1.165) is 0 Å². The first-order chi connectivity index (χ1) is 9.97. The number of hydrogen-bond donors (Lipinski definition) is 2. The monoisotopic (exact) mass is 295 g/mol. The number of hydrogen-bond acceptors (Lipinski definition) is 5. The third-order valence-electron chi connectivity index (χ3n) is 2.70. The Morgan fingerprint density at radius 2 is 2.14 bits per heavy atom. The third-order valence-corrected chi connectivity index (χ3v) is 2.70. The minimum atomic E-state index is -1.06. The molecule has 0 saturated carbocycles. The topological polar surface area (TPSA) is 109 Å². The normalized spacial score (nSPS) is 9.81. The first-order valence-electron chi connectivity index (χ1n) is 6.25. The average Bonchev–Trinajstić information content (AvgIpc) is 2.50. The third kappa shape index (κ3) is 5.09. The molecular formula is C13H17N3O5. The zero-order valence-electron chi connectivity index (χ0n) is 11.8. The molecule has 1 aromatic heterocycles. The van der Waals surface area contributed by atoms with Gasteiger partial charge in [0, 0.05) is 12.7 Å². The van der Waals surface area contributed by atoms with Gasteiger partial charge in [0.15, 0.2) is 0 Å². The van der Waals surface area contributed by atoms with Gasteiger partial charge in [-0.25, -0.2) is 9.59 Å². The highest BCUT2D eigenvalue weighted by Gasteiger charge is 2.15. The predicted molar refractivity (Wildman–Crippen MR) is 72.7 cm³/mol. The van der Waals surface area contributed by atoms with E-state index >= 15 is 0 Å². The maximum atomic E-state index is 11.9. The second-order valence-electron chi connectivity index (χ2n) is 4.09. The summed E-state index contributed by atoms with van der Waals surface area (Å²) in [6, 6.07) is 2.29. The molecule has 0 fully saturated rings. The molecule has 1 aromatic rings.